The monoisotopic (exact) mass is 265 g/mol. The second kappa shape index (κ2) is 6.04. The van der Waals surface area contributed by atoms with Crippen LogP contribution in [-0.4, -0.2) is 12.1 Å². The molecule has 1 aromatic rings. The number of ether oxygens (including phenoxy) is 1. The van der Waals surface area contributed by atoms with Crippen molar-refractivity contribution in [3.63, 3.8) is 0 Å². The van der Waals surface area contributed by atoms with Gasteiger partial charge in [-0.15, -0.1) is 0 Å². The smallest absolute Gasteiger partial charge is 0.338 e. The SMILES string of the molecule is CCC1CCC(OC(=O)c2ccc(N)c(F)c2)CC1. The fraction of sp³-hybridized carbons (Fsp3) is 0.533. The van der Waals surface area contributed by atoms with Gasteiger partial charge in [-0.3, -0.25) is 0 Å². The molecule has 0 amide bonds. The Morgan fingerprint density at radius 1 is 1.37 bits per heavy atom. The molecule has 1 aliphatic carbocycles. The van der Waals surface area contributed by atoms with Crippen molar-refractivity contribution in [3.05, 3.63) is 29.6 Å². The summed E-state index contributed by atoms with van der Waals surface area (Å²) in [6, 6.07) is 4.02. The molecular weight excluding hydrogens is 245 g/mol. The molecule has 0 radical (unpaired) electrons. The molecule has 0 bridgehead atoms. The lowest BCUT2D eigenvalue weighted by Crippen LogP contribution is -2.24. The summed E-state index contributed by atoms with van der Waals surface area (Å²) in [6.07, 6.45) is 5.17. The zero-order chi connectivity index (χ0) is 13.8. The minimum Gasteiger partial charge on any atom is -0.459 e. The van der Waals surface area contributed by atoms with Gasteiger partial charge in [0.1, 0.15) is 11.9 Å². The van der Waals surface area contributed by atoms with E-state index in [0.717, 1.165) is 37.7 Å². The summed E-state index contributed by atoms with van der Waals surface area (Å²) in [4.78, 5) is 11.9. The van der Waals surface area contributed by atoms with Crippen LogP contribution in [0.1, 0.15) is 49.4 Å². The zero-order valence-corrected chi connectivity index (χ0v) is 11.2. The van der Waals surface area contributed by atoms with Crippen LogP contribution in [0, 0.1) is 11.7 Å². The first-order valence-electron chi connectivity index (χ1n) is 6.86. The summed E-state index contributed by atoms with van der Waals surface area (Å²) in [6.45, 7) is 2.19. The van der Waals surface area contributed by atoms with Crippen LogP contribution in [-0.2, 0) is 4.74 Å². The Hall–Kier alpha value is -1.58. The van der Waals surface area contributed by atoms with E-state index in [1.54, 1.807) is 0 Å². The molecular formula is C15H20FNO2. The van der Waals surface area contributed by atoms with Gasteiger partial charge in [-0.05, 0) is 49.8 Å². The van der Waals surface area contributed by atoms with Crippen molar-refractivity contribution in [2.75, 3.05) is 5.73 Å². The molecule has 1 aliphatic rings. The quantitative estimate of drug-likeness (QED) is 0.672. The highest BCUT2D eigenvalue weighted by Crippen LogP contribution is 2.28. The molecule has 0 aliphatic heterocycles. The summed E-state index contributed by atoms with van der Waals surface area (Å²) in [7, 11) is 0. The van der Waals surface area contributed by atoms with Gasteiger partial charge in [0, 0.05) is 0 Å². The molecule has 1 fully saturated rings. The Kier molecular flexibility index (Phi) is 4.40. The second-order valence-electron chi connectivity index (χ2n) is 5.19. The van der Waals surface area contributed by atoms with Crippen LogP contribution in [0.15, 0.2) is 18.2 Å². The summed E-state index contributed by atoms with van der Waals surface area (Å²) >= 11 is 0. The summed E-state index contributed by atoms with van der Waals surface area (Å²) < 4.78 is 18.7. The number of nitrogens with two attached hydrogens (primary N) is 1. The Balaban J connectivity index is 1.92. The summed E-state index contributed by atoms with van der Waals surface area (Å²) in [5, 5.41) is 0. The fourth-order valence-corrected chi connectivity index (χ4v) is 2.53. The predicted molar refractivity (Wildman–Crippen MR) is 72.3 cm³/mol. The van der Waals surface area contributed by atoms with E-state index in [-0.39, 0.29) is 17.4 Å². The summed E-state index contributed by atoms with van der Waals surface area (Å²) in [5.74, 6) is -0.285. The van der Waals surface area contributed by atoms with Gasteiger partial charge in [-0.2, -0.15) is 0 Å². The Bertz CT molecular complexity index is 453. The first-order chi connectivity index (χ1) is 9.10. The first-order valence-corrected chi connectivity index (χ1v) is 6.86. The van der Waals surface area contributed by atoms with E-state index in [9.17, 15) is 9.18 Å². The molecule has 1 saturated carbocycles. The summed E-state index contributed by atoms with van der Waals surface area (Å²) in [5.41, 5.74) is 5.64. The minimum absolute atomic E-state index is 0.0316. The van der Waals surface area contributed by atoms with Crippen LogP contribution in [0.25, 0.3) is 0 Å². The van der Waals surface area contributed by atoms with Crippen LogP contribution in [0.5, 0.6) is 0 Å². The second-order valence-corrected chi connectivity index (χ2v) is 5.19. The van der Waals surface area contributed by atoms with Crippen LogP contribution >= 0.6 is 0 Å². The lowest BCUT2D eigenvalue weighted by Gasteiger charge is -2.27. The number of rotatable bonds is 3. The van der Waals surface area contributed by atoms with Crippen molar-refractivity contribution in [3.8, 4) is 0 Å². The molecule has 4 heteroatoms. The minimum atomic E-state index is -0.579. The van der Waals surface area contributed by atoms with Crippen molar-refractivity contribution < 1.29 is 13.9 Å². The van der Waals surface area contributed by atoms with E-state index in [4.69, 9.17) is 10.5 Å². The maximum Gasteiger partial charge on any atom is 0.338 e. The van der Waals surface area contributed by atoms with Crippen LogP contribution in [0.2, 0.25) is 0 Å². The van der Waals surface area contributed by atoms with Gasteiger partial charge in [-0.1, -0.05) is 13.3 Å². The number of hydrogen-bond donors (Lipinski definition) is 1. The molecule has 2 rings (SSSR count). The van der Waals surface area contributed by atoms with E-state index in [1.165, 1.54) is 18.6 Å². The maximum atomic E-state index is 13.3. The van der Waals surface area contributed by atoms with E-state index < -0.39 is 11.8 Å². The maximum absolute atomic E-state index is 13.3. The van der Waals surface area contributed by atoms with Gasteiger partial charge in [0.05, 0.1) is 11.3 Å². The standard InChI is InChI=1S/C15H20FNO2/c1-2-10-3-6-12(7-4-10)19-15(18)11-5-8-14(17)13(16)9-11/h5,8-10,12H,2-4,6-7,17H2,1H3. The van der Waals surface area contributed by atoms with Crippen molar-refractivity contribution in [1.82, 2.24) is 0 Å². The number of benzene rings is 1. The molecule has 0 aromatic heterocycles. The van der Waals surface area contributed by atoms with Gasteiger partial charge in [-0.25, -0.2) is 9.18 Å². The number of hydrogen-bond acceptors (Lipinski definition) is 3. The molecule has 2 N–H and O–H groups in total. The van der Waals surface area contributed by atoms with E-state index >= 15 is 0 Å². The van der Waals surface area contributed by atoms with Crippen molar-refractivity contribution in [2.24, 2.45) is 5.92 Å². The van der Waals surface area contributed by atoms with E-state index in [1.807, 2.05) is 0 Å². The van der Waals surface area contributed by atoms with Crippen LogP contribution < -0.4 is 5.73 Å². The third-order valence-electron chi connectivity index (χ3n) is 3.88. The largest absolute Gasteiger partial charge is 0.459 e. The Morgan fingerprint density at radius 2 is 2.05 bits per heavy atom. The van der Waals surface area contributed by atoms with Gasteiger partial charge in [0.25, 0.3) is 0 Å². The molecule has 19 heavy (non-hydrogen) atoms. The lowest BCUT2D eigenvalue weighted by atomic mass is 9.86. The molecule has 3 nitrogen and oxygen atoms in total. The van der Waals surface area contributed by atoms with Gasteiger partial charge in [0.15, 0.2) is 0 Å². The molecule has 1 aromatic carbocycles. The predicted octanol–water partition coefficient (Wildman–Crippen LogP) is 3.53. The van der Waals surface area contributed by atoms with Crippen molar-refractivity contribution in [2.45, 2.75) is 45.1 Å². The average molecular weight is 265 g/mol. The Morgan fingerprint density at radius 3 is 2.63 bits per heavy atom. The zero-order valence-electron chi connectivity index (χ0n) is 11.2. The highest BCUT2D eigenvalue weighted by atomic mass is 19.1. The van der Waals surface area contributed by atoms with Crippen molar-refractivity contribution >= 4 is 11.7 Å². The Labute approximate surface area is 112 Å². The lowest BCUT2D eigenvalue weighted by molar-refractivity contribution is 0.0164. The molecule has 104 valence electrons. The molecule has 0 spiro atoms. The number of carbonyl (C=O) groups is 1. The number of nitrogen functional groups attached to an aromatic ring is 1. The molecule has 0 saturated heterocycles. The third-order valence-corrected chi connectivity index (χ3v) is 3.88. The number of halogens is 1. The highest BCUT2D eigenvalue weighted by Gasteiger charge is 2.23. The van der Waals surface area contributed by atoms with Crippen LogP contribution in [0.3, 0.4) is 0 Å². The molecule has 0 atom stereocenters. The van der Waals surface area contributed by atoms with Crippen LogP contribution in [0.4, 0.5) is 10.1 Å². The highest BCUT2D eigenvalue weighted by molar-refractivity contribution is 5.89. The molecule has 0 heterocycles. The van der Waals surface area contributed by atoms with E-state index in [2.05, 4.69) is 6.92 Å². The number of carbonyl (C=O) groups excluding carboxylic acids is 1. The first kappa shape index (κ1) is 13.8. The fourth-order valence-electron chi connectivity index (χ4n) is 2.53. The van der Waals surface area contributed by atoms with E-state index in [0.29, 0.717) is 0 Å². The topological polar surface area (TPSA) is 52.3 Å². The van der Waals surface area contributed by atoms with Gasteiger partial charge in [0.2, 0.25) is 0 Å². The third kappa shape index (κ3) is 3.46. The normalized spacial score (nSPS) is 23.1. The number of esters is 1. The van der Waals surface area contributed by atoms with Gasteiger partial charge < -0.3 is 10.5 Å². The number of anilines is 1. The average Bonchev–Trinajstić information content (AvgIpc) is 2.42. The van der Waals surface area contributed by atoms with Crippen molar-refractivity contribution in [1.29, 1.82) is 0 Å². The molecule has 0 unspecified atom stereocenters. The van der Waals surface area contributed by atoms with Gasteiger partial charge >= 0.3 is 5.97 Å².